The molecular weight excluding hydrogens is 477 g/mol. The van der Waals surface area contributed by atoms with E-state index in [-0.39, 0.29) is 17.6 Å². The quantitative estimate of drug-likeness (QED) is 0.413. The number of nitrogens with zero attached hydrogens (tertiary/aromatic N) is 7. The molecule has 37 heavy (non-hydrogen) atoms. The van der Waals surface area contributed by atoms with Crippen LogP contribution in [0.4, 0.5) is 14.9 Å². The van der Waals surface area contributed by atoms with E-state index in [1.54, 1.807) is 40.9 Å². The van der Waals surface area contributed by atoms with Gasteiger partial charge in [0.25, 0.3) is 0 Å². The fraction of sp³-hybridized carbons (Fsp3) is 0.423. The lowest BCUT2D eigenvalue weighted by atomic mass is 10.0. The number of amides is 1. The van der Waals surface area contributed by atoms with Gasteiger partial charge in [0, 0.05) is 62.2 Å². The van der Waals surface area contributed by atoms with E-state index < -0.39 is 17.1 Å². The normalized spacial score (nSPS) is 19.7. The number of halogens is 1. The minimum Gasteiger partial charge on any atom is -0.444 e. The van der Waals surface area contributed by atoms with Crippen molar-refractivity contribution in [3.05, 3.63) is 58.8 Å². The monoisotopic (exact) mass is 505 g/mol. The molecule has 0 N–H and O–H groups in total. The minimum atomic E-state index is -0.513. The predicted octanol–water partition coefficient (Wildman–Crippen LogP) is 3.15. The Balaban J connectivity index is 1.22. The van der Waals surface area contributed by atoms with Gasteiger partial charge in [-0.2, -0.15) is 4.98 Å². The molecule has 6 rings (SSSR count). The highest BCUT2D eigenvalue weighted by molar-refractivity contribution is 5.69. The van der Waals surface area contributed by atoms with Gasteiger partial charge in [0.1, 0.15) is 11.2 Å². The third-order valence-corrected chi connectivity index (χ3v) is 6.93. The summed E-state index contributed by atoms with van der Waals surface area (Å²) in [6, 6.07) is 5.01. The van der Waals surface area contributed by atoms with Gasteiger partial charge < -0.3 is 18.9 Å². The van der Waals surface area contributed by atoms with Gasteiger partial charge in [-0.3, -0.25) is 0 Å². The second kappa shape index (κ2) is 8.25. The number of pyridine rings is 2. The van der Waals surface area contributed by atoms with E-state index in [1.807, 2.05) is 26.8 Å². The molecule has 11 heteroatoms. The van der Waals surface area contributed by atoms with Crippen molar-refractivity contribution >= 4 is 23.1 Å². The van der Waals surface area contributed by atoms with E-state index in [2.05, 4.69) is 19.9 Å². The van der Waals surface area contributed by atoms with Crippen molar-refractivity contribution in [3.8, 4) is 11.4 Å². The van der Waals surface area contributed by atoms with Crippen LogP contribution in [0, 0.1) is 24.6 Å². The zero-order valence-electron chi connectivity index (χ0n) is 21.2. The first-order chi connectivity index (χ1) is 17.5. The number of hydrogen-bond acceptors (Lipinski definition) is 7. The standard InChI is InChI=1S/C26H28FN7O3/c1-15-8-32-9-16(7-20(27)23(32)28-15)22-29-21-6-5-19(14-34(21)24(35)30-22)31-10-17-12-33(13-18(17)11-31)25(36)37-26(2,3)4/h5-9,14,17-18H,10-13H2,1-4H3. The van der Waals surface area contributed by atoms with E-state index in [1.165, 1.54) is 10.5 Å². The summed E-state index contributed by atoms with van der Waals surface area (Å²) >= 11 is 0. The van der Waals surface area contributed by atoms with Gasteiger partial charge in [-0.1, -0.05) is 0 Å². The molecular formula is C26H28FN7O3. The molecule has 0 aliphatic carbocycles. The average molecular weight is 506 g/mol. The Labute approximate surface area is 212 Å². The molecule has 2 saturated heterocycles. The highest BCUT2D eigenvalue weighted by Crippen LogP contribution is 2.34. The Hall–Kier alpha value is -4.02. The van der Waals surface area contributed by atoms with Gasteiger partial charge in [-0.15, -0.1) is 0 Å². The molecule has 4 aromatic heterocycles. The second-order valence-corrected chi connectivity index (χ2v) is 10.9. The molecule has 0 radical (unpaired) electrons. The van der Waals surface area contributed by atoms with Crippen molar-refractivity contribution in [1.82, 2.24) is 28.7 Å². The van der Waals surface area contributed by atoms with Gasteiger partial charge in [0.2, 0.25) is 0 Å². The number of ether oxygens (including phenoxy) is 1. The molecule has 4 aromatic rings. The fourth-order valence-corrected chi connectivity index (χ4v) is 5.30. The number of hydrogen-bond donors (Lipinski definition) is 0. The summed E-state index contributed by atoms with van der Waals surface area (Å²) in [7, 11) is 0. The van der Waals surface area contributed by atoms with Gasteiger partial charge in [0.15, 0.2) is 17.3 Å². The Morgan fingerprint density at radius 3 is 2.46 bits per heavy atom. The molecule has 10 nitrogen and oxygen atoms in total. The van der Waals surface area contributed by atoms with Crippen molar-refractivity contribution < 1.29 is 13.9 Å². The lowest BCUT2D eigenvalue weighted by Gasteiger charge is -2.26. The molecule has 2 atom stereocenters. The molecule has 0 aromatic carbocycles. The van der Waals surface area contributed by atoms with Crippen LogP contribution in [0.5, 0.6) is 0 Å². The number of aromatic nitrogens is 5. The molecule has 6 heterocycles. The van der Waals surface area contributed by atoms with E-state index in [4.69, 9.17) is 4.74 Å². The number of aryl methyl sites for hydroxylation is 1. The van der Waals surface area contributed by atoms with Crippen LogP contribution in [-0.4, -0.2) is 66.5 Å². The maximum Gasteiger partial charge on any atom is 0.410 e. The van der Waals surface area contributed by atoms with Crippen molar-refractivity contribution in [3.63, 3.8) is 0 Å². The van der Waals surface area contributed by atoms with E-state index in [9.17, 15) is 14.0 Å². The number of fused-ring (bicyclic) bond motifs is 3. The maximum atomic E-state index is 14.6. The van der Waals surface area contributed by atoms with Crippen LogP contribution in [0.2, 0.25) is 0 Å². The molecule has 0 saturated carbocycles. The molecule has 0 bridgehead atoms. The van der Waals surface area contributed by atoms with Crippen LogP contribution < -0.4 is 10.6 Å². The van der Waals surface area contributed by atoms with Gasteiger partial charge in [0.05, 0.1) is 11.4 Å². The lowest BCUT2D eigenvalue weighted by Crippen LogP contribution is -2.37. The van der Waals surface area contributed by atoms with Crippen LogP contribution >= 0.6 is 0 Å². The molecule has 2 unspecified atom stereocenters. The summed E-state index contributed by atoms with van der Waals surface area (Å²) in [6.45, 7) is 10.3. The third-order valence-electron chi connectivity index (χ3n) is 6.93. The number of imidazole rings is 1. The predicted molar refractivity (Wildman–Crippen MR) is 135 cm³/mol. The van der Waals surface area contributed by atoms with Crippen LogP contribution in [0.25, 0.3) is 22.7 Å². The highest BCUT2D eigenvalue weighted by atomic mass is 19.1. The van der Waals surface area contributed by atoms with Crippen LogP contribution in [0.1, 0.15) is 26.5 Å². The zero-order valence-corrected chi connectivity index (χ0v) is 21.2. The topological polar surface area (TPSA) is 97.3 Å². The number of carbonyl (C=O) groups is 1. The first-order valence-corrected chi connectivity index (χ1v) is 12.3. The summed E-state index contributed by atoms with van der Waals surface area (Å²) in [6.07, 6.45) is 4.86. The fourth-order valence-electron chi connectivity index (χ4n) is 5.30. The molecule has 1 amide bonds. The van der Waals surface area contributed by atoms with Crippen molar-refractivity contribution in [2.45, 2.75) is 33.3 Å². The highest BCUT2D eigenvalue weighted by Gasteiger charge is 2.42. The maximum absolute atomic E-state index is 14.6. The Morgan fingerprint density at radius 2 is 1.76 bits per heavy atom. The SMILES string of the molecule is Cc1cn2cc(-c3nc(=O)n4cc(N5CC6CN(C(=O)OC(C)(C)C)CC6C5)ccc4n3)cc(F)c2n1. The van der Waals surface area contributed by atoms with E-state index in [0.29, 0.717) is 41.8 Å². The summed E-state index contributed by atoms with van der Waals surface area (Å²) in [5.41, 5.74) is 1.62. The van der Waals surface area contributed by atoms with E-state index in [0.717, 1.165) is 18.8 Å². The summed E-state index contributed by atoms with van der Waals surface area (Å²) in [4.78, 5) is 42.2. The molecule has 2 fully saturated rings. The van der Waals surface area contributed by atoms with Crippen LogP contribution in [-0.2, 0) is 4.74 Å². The second-order valence-electron chi connectivity index (χ2n) is 10.9. The number of carbonyl (C=O) groups excluding carboxylic acids is 1. The van der Waals surface area contributed by atoms with Gasteiger partial charge in [-0.25, -0.2) is 28.3 Å². The molecule has 2 aliphatic rings. The number of likely N-dealkylation sites (tertiary alicyclic amines) is 1. The van der Waals surface area contributed by atoms with Crippen LogP contribution in [0.3, 0.4) is 0 Å². The average Bonchev–Trinajstić information content (AvgIpc) is 3.50. The smallest absolute Gasteiger partial charge is 0.410 e. The molecule has 192 valence electrons. The third kappa shape index (κ3) is 4.28. The minimum absolute atomic E-state index is 0.155. The van der Waals surface area contributed by atoms with Crippen molar-refractivity contribution in [1.29, 1.82) is 0 Å². The lowest BCUT2D eigenvalue weighted by molar-refractivity contribution is 0.0282. The first kappa shape index (κ1) is 23.4. The summed E-state index contributed by atoms with van der Waals surface area (Å²) < 4.78 is 23.1. The number of rotatable bonds is 2. The zero-order chi connectivity index (χ0) is 26.1. The van der Waals surface area contributed by atoms with Gasteiger partial charge >= 0.3 is 11.8 Å². The Morgan fingerprint density at radius 1 is 1.03 bits per heavy atom. The van der Waals surface area contributed by atoms with Gasteiger partial charge in [-0.05, 0) is 45.9 Å². The van der Waals surface area contributed by atoms with E-state index >= 15 is 0 Å². The Kier molecular flexibility index (Phi) is 5.22. The van der Waals surface area contributed by atoms with Crippen LogP contribution in [0.15, 0.2) is 41.6 Å². The number of anilines is 1. The van der Waals surface area contributed by atoms with Crippen molar-refractivity contribution in [2.75, 3.05) is 31.1 Å². The largest absolute Gasteiger partial charge is 0.444 e. The Bertz CT molecular complexity index is 1590. The molecule has 0 spiro atoms. The first-order valence-electron chi connectivity index (χ1n) is 12.3. The summed E-state index contributed by atoms with van der Waals surface area (Å²) in [5.74, 6) is 0.336. The summed E-state index contributed by atoms with van der Waals surface area (Å²) in [5, 5.41) is 0. The molecule has 2 aliphatic heterocycles. The van der Waals surface area contributed by atoms with Crippen molar-refractivity contribution in [2.24, 2.45) is 11.8 Å².